The lowest BCUT2D eigenvalue weighted by Gasteiger charge is -2.08. The Morgan fingerprint density at radius 1 is 0.571 bits per heavy atom. The Morgan fingerprint density at radius 2 is 1.24 bits per heavy atom. The fourth-order valence-corrected chi connectivity index (χ4v) is 2.55. The van der Waals surface area contributed by atoms with Crippen molar-refractivity contribution in [2.75, 3.05) is 11.5 Å². The average Bonchev–Trinajstić information content (AvgIpc) is 2.47. The quantitative estimate of drug-likeness (QED) is 0.665. The van der Waals surface area contributed by atoms with Crippen molar-refractivity contribution in [1.82, 2.24) is 0 Å². The Balaban J connectivity index is 2.10. The molecular formula is C18H15ClN2. The monoisotopic (exact) mass is 294 g/mol. The van der Waals surface area contributed by atoms with Gasteiger partial charge in [-0.2, -0.15) is 0 Å². The van der Waals surface area contributed by atoms with Crippen LogP contribution in [0.3, 0.4) is 0 Å². The molecule has 4 N–H and O–H groups in total. The van der Waals surface area contributed by atoms with Gasteiger partial charge < -0.3 is 11.5 Å². The van der Waals surface area contributed by atoms with Gasteiger partial charge in [-0.05, 0) is 64.7 Å². The van der Waals surface area contributed by atoms with Crippen LogP contribution in [-0.2, 0) is 0 Å². The van der Waals surface area contributed by atoms with Gasteiger partial charge in [0.1, 0.15) is 0 Å². The van der Waals surface area contributed by atoms with Gasteiger partial charge in [-0.15, -0.1) is 0 Å². The maximum atomic E-state index is 6.26. The minimum Gasteiger partial charge on any atom is -0.399 e. The van der Waals surface area contributed by atoms with E-state index in [0.29, 0.717) is 5.02 Å². The molecule has 21 heavy (non-hydrogen) atoms. The van der Waals surface area contributed by atoms with Crippen molar-refractivity contribution in [2.24, 2.45) is 0 Å². The van der Waals surface area contributed by atoms with E-state index in [1.807, 2.05) is 60.7 Å². The van der Waals surface area contributed by atoms with Gasteiger partial charge in [-0.1, -0.05) is 35.9 Å². The van der Waals surface area contributed by atoms with Gasteiger partial charge in [-0.3, -0.25) is 0 Å². The maximum Gasteiger partial charge on any atom is 0.0418 e. The first-order valence-electron chi connectivity index (χ1n) is 6.64. The summed E-state index contributed by atoms with van der Waals surface area (Å²) in [7, 11) is 0. The van der Waals surface area contributed by atoms with Gasteiger partial charge >= 0.3 is 0 Å². The zero-order valence-electron chi connectivity index (χ0n) is 11.4. The number of hydrogen-bond donors (Lipinski definition) is 2. The molecule has 0 unspecified atom stereocenters. The van der Waals surface area contributed by atoms with E-state index in [0.717, 1.165) is 33.6 Å². The molecule has 0 aliphatic carbocycles. The van der Waals surface area contributed by atoms with E-state index < -0.39 is 0 Å². The van der Waals surface area contributed by atoms with Crippen LogP contribution in [0.4, 0.5) is 11.4 Å². The second-order valence-electron chi connectivity index (χ2n) is 4.98. The smallest absolute Gasteiger partial charge is 0.0418 e. The lowest BCUT2D eigenvalue weighted by Crippen LogP contribution is -1.87. The lowest BCUT2D eigenvalue weighted by atomic mass is 9.98. The van der Waals surface area contributed by atoms with E-state index in [-0.39, 0.29) is 0 Å². The Labute approximate surface area is 129 Å². The summed E-state index contributed by atoms with van der Waals surface area (Å²) in [5.74, 6) is 0. The normalized spacial score (nSPS) is 10.5. The van der Waals surface area contributed by atoms with Gasteiger partial charge in [0.15, 0.2) is 0 Å². The Hall–Kier alpha value is -2.45. The molecule has 2 nitrogen and oxygen atoms in total. The summed E-state index contributed by atoms with van der Waals surface area (Å²) >= 11 is 6.26. The third-order valence-electron chi connectivity index (χ3n) is 3.36. The minimum atomic E-state index is 0.696. The molecule has 104 valence electrons. The summed E-state index contributed by atoms with van der Waals surface area (Å²) in [6.07, 6.45) is 0. The molecule has 0 saturated heterocycles. The molecule has 3 heteroatoms. The molecule has 3 aromatic carbocycles. The third kappa shape index (κ3) is 3.01. The number of rotatable bonds is 2. The molecule has 3 rings (SSSR count). The molecule has 3 aromatic rings. The molecule has 0 saturated carbocycles. The Bertz CT molecular complexity index is 779. The van der Waals surface area contributed by atoms with Gasteiger partial charge in [0.2, 0.25) is 0 Å². The summed E-state index contributed by atoms with van der Waals surface area (Å²) in [4.78, 5) is 0. The molecular weight excluding hydrogens is 280 g/mol. The summed E-state index contributed by atoms with van der Waals surface area (Å²) in [6.45, 7) is 0. The van der Waals surface area contributed by atoms with Crippen molar-refractivity contribution in [2.45, 2.75) is 0 Å². The lowest BCUT2D eigenvalue weighted by molar-refractivity contribution is 1.58. The highest BCUT2D eigenvalue weighted by molar-refractivity contribution is 6.31. The second-order valence-corrected chi connectivity index (χ2v) is 5.41. The van der Waals surface area contributed by atoms with Crippen LogP contribution in [0.2, 0.25) is 5.02 Å². The number of nitrogens with two attached hydrogens (primary N) is 2. The molecule has 0 aromatic heterocycles. The van der Waals surface area contributed by atoms with Crippen LogP contribution >= 0.6 is 11.6 Å². The summed E-state index contributed by atoms with van der Waals surface area (Å²) in [5.41, 5.74) is 17.3. The van der Waals surface area contributed by atoms with Crippen LogP contribution in [0.15, 0.2) is 66.7 Å². The highest BCUT2D eigenvalue weighted by Crippen LogP contribution is 2.31. The Morgan fingerprint density at radius 3 is 1.90 bits per heavy atom. The van der Waals surface area contributed by atoms with Crippen LogP contribution < -0.4 is 11.5 Å². The first-order valence-corrected chi connectivity index (χ1v) is 7.02. The van der Waals surface area contributed by atoms with Crippen LogP contribution in [0, 0.1) is 0 Å². The molecule has 0 spiro atoms. The van der Waals surface area contributed by atoms with Crippen LogP contribution in [0.5, 0.6) is 0 Å². The van der Waals surface area contributed by atoms with Gasteiger partial charge in [-0.25, -0.2) is 0 Å². The topological polar surface area (TPSA) is 52.0 Å². The largest absolute Gasteiger partial charge is 0.399 e. The van der Waals surface area contributed by atoms with E-state index in [2.05, 4.69) is 6.07 Å². The van der Waals surface area contributed by atoms with Crippen LogP contribution in [0.1, 0.15) is 0 Å². The van der Waals surface area contributed by atoms with E-state index in [4.69, 9.17) is 23.1 Å². The Kier molecular flexibility index (Phi) is 3.55. The first-order chi connectivity index (χ1) is 10.1. The zero-order chi connectivity index (χ0) is 14.8. The van der Waals surface area contributed by atoms with Crippen molar-refractivity contribution in [1.29, 1.82) is 0 Å². The highest BCUT2D eigenvalue weighted by atomic mass is 35.5. The van der Waals surface area contributed by atoms with Crippen molar-refractivity contribution < 1.29 is 0 Å². The molecule has 0 aliphatic heterocycles. The number of anilines is 2. The van der Waals surface area contributed by atoms with Crippen molar-refractivity contribution in [3.63, 3.8) is 0 Å². The van der Waals surface area contributed by atoms with E-state index in [1.165, 1.54) is 0 Å². The SMILES string of the molecule is Nc1ccc(-c2cc(Cl)cc(-c3cccc(N)c3)c2)cc1. The summed E-state index contributed by atoms with van der Waals surface area (Å²) < 4.78 is 0. The molecule has 0 bridgehead atoms. The van der Waals surface area contributed by atoms with Crippen molar-refractivity contribution in [3.05, 3.63) is 71.8 Å². The van der Waals surface area contributed by atoms with E-state index >= 15 is 0 Å². The number of benzene rings is 3. The maximum absolute atomic E-state index is 6.26. The minimum absolute atomic E-state index is 0.696. The molecule has 0 fully saturated rings. The van der Waals surface area contributed by atoms with Crippen molar-refractivity contribution in [3.8, 4) is 22.3 Å². The number of halogens is 1. The molecule has 0 amide bonds. The molecule has 0 heterocycles. The molecule has 0 atom stereocenters. The van der Waals surface area contributed by atoms with E-state index in [1.54, 1.807) is 0 Å². The number of hydrogen-bond acceptors (Lipinski definition) is 2. The first kappa shape index (κ1) is 13.5. The average molecular weight is 295 g/mol. The zero-order valence-corrected chi connectivity index (χ0v) is 12.1. The fraction of sp³-hybridized carbons (Fsp3) is 0. The van der Waals surface area contributed by atoms with Gasteiger partial charge in [0, 0.05) is 16.4 Å². The fourth-order valence-electron chi connectivity index (χ4n) is 2.32. The van der Waals surface area contributed by atoms with Gasteiger partial charge in [0.05, 0.1) is 0 Å². The molecule has 0 aliphatic rings. The summed E-state index contributed by atoms with van der Waals surface area (Å²) in [6, 6.07) is 21.5. The van der Waals surface area contributed by atoms with Gasteiger partial charge in [0.25, 0.3) is 0 Å². The highest BCUT2D eigenvalue weighted by Gasteiger charge is 2.05. The van der Waals surface area contributed by atoms with Crippen LogP contribution in [0.25, 0.3) is 22.3 Å². The van der Waals surface area contributed by atoms with Crippen molar-refractivity contribution >= 4 is 23.0 Å². The second kappa shape index (κ2) is 5.51. The third-order valence-corrected chi connectivity index (χ3v) is 3.58. The van der Waals surface area contributed by atoms with E-state index in [9.17, 15) is 0 Å². The number of nitrogen functional groups attached to an aromatic ring is 2. The molecule has 0 radical (unpaired) electrons. The predicted molar refractivity (Wildman–Crippen MR) is 91.1 cm³/mol. The van der Waals surface area contributed by atoms with Crippen LogP contribution in [-0.4, -0.2) is 0 Å². The predicted octanol–water partition coefficient (Wildman–Crippen LogP) is 4.84. The summed E-state index contributed by atoms with van der Waals surface area (Å²) in [5, 5.41) is 0.696. The standard InChI is InChI=1S/C18H15ClN2/c19-16-9-14(12-4-6-17(20)7-5-12)8-15(10-16)13-2-1-3-18(21)11-13/h1-11H,20-21H2.